The number of hydrogen-bond donors (Lipinski definition) is 1. The zero-order valence-electron chi connectivity index (χ0n) is 8.33. The molecule has 1 radical (unpaired) electrons. The van der Waals surface area contributed by atoms with Crippen molar-refractivity contribution < 1.29 is 4.74 Å². The van der Waals surface area contributed by atoms with Gasteiger partial charge in [0.25, 0.3) is 0 Å². The van der Waals surface area contributed by atoms with Crippen LogP contribution in [0.1, 0.15) is 11.1 Å². The first-order valence-corrected chi connectivity index (χ1v) is 5.08. The third-order valence-electron chi connectivity index (χ3n) is 2.57. The van der Waals surface area contributed by atoms with Crippen molar-refractivity contribution in [2.45, 2.75) is 12.5 Å². The summed E-state index contributed by atoms with van der Waals surface area (Å²) in [6.45, 7) is 6.76. The summed E-state index contributed by atoms with van der Waals surface area (Å²) in [5.41, 5.74) is 2.41. The first kappa shape index (κ1) is 9.69. The Morgan fingerprint density at radius 1 is 1.43 bits per heavy atom. The Labute approximate surface area is 85.3 Å². The van der Waals surface area contributed by atoms with E-state index >= 15 is 0 Å². The van der Waals surface area contributed by atoms with E-state index in [9.17, 15) is 0 Å². The van der Waals surface area contributed by atoms with E-state index in [0.29, 0.717) is 6.10 Å². The molecular weight excluding hydrogens is 174 g/mol. The van der Waals surface area contributed by atoms with Gasteiger partial charge in [-0.05, 0) is 18.1 Å². The topological polar surface area (TPSA) is 21.3 Å². The molecule has 0 bridgehead atoms. The highest BCUT2D eigenvalue weighted by atomic mass is 16.5. The van der Waals surface area contributed by atoms with Gasteiger partial charge in [0.1, 0.15) is 0 Å². The predicted molar refractivity (Wildman–Crippen MR) is 57.2 cm³/mol. The summed E-state index contributed by atoms with van der Waals surface area (Å²) >= 11 is 0. The largest absolute Gasteiger partial charge is 0.375 e. The SMILES string of the molecule is [CH2]c1ccccc1CC1CNCCO1. The Bertz CT molecular complexity index is 292. The lowest BCUT2D eigenvalue weighted by Gasteiger charge is -2.24. The van der Waals surface area contributed by atoms with Crippen LogP contribution in [0.15, 0.2) is 24.3 Å². The second kappa shape index (κ2) is 4.58. The van der Waals surface area contributed by atoms with Crippen LogP contribution < -0.4 is 5.32 Å². The van der Waals surface area contributed by atoms with Gasteiger partial charge >= 0.3 is 0 Å². The Morgan fingerprint density at radius 2 is 2.29 bits per heavy atom. The molecule has 1 aliphatic rings. The average molecular weight is 190 g/mol. The van der Waals surface area contributed by atoms with Crippen molar-refractivity contribution in [2.24, 2.45) is 0 Å². The molecule has 1 aromatic carbocycles. The van der Waals surface area contributed by atoms with Crippen LogP contribution in [0.25, 0.3) is 0 Å². The van der Waals surface area contributed by atoms with E-state index in [2.05, 4.69) is 24.4 Å². The standard InChI is InChI=1S/C12H16NO/c1-10-4-2-3-5-11(10)8-12-9-13-6-7-14-12/h2-5,12-13H,1,6-9H2. The number of morpholine rings is 1. The summed E-state index contributed by atoms with van der Waals surface area (Å²) in [6.07, 6.45) is 1.28. The normalized spacial score (nSPS) is 22.2. The molecule has 1 aromatic rings. The number of rotatable bonds is 2. The van der Waals surface area contributed by atoms with Crippen molar-refractivity contribution in [3.8, 4) is 0 Å². The van der Waals surface area contributed by atoms with Crippen LogP contribution in [0, 0.1) is 6.92 Å². The molecule has 1 fully saturated rings. The molecule has 0 aliphatic carbocycles. The van der Waals surface area contributed by atoms with Crippen LogP contribution in [-0.2, 0) is 11.2 Å². The highest BCUT2D eigenvalue weighted by molar-refractivity contribution is 5.29. The van der Waals surface area contributed by atoms with Crippen LogP contribution in [-0.4, -0.2) is 25.8 Å². The maximum Gasteiger partial charge on any atom is 0.0740 e. The van der Waals surface area contributed by atoms with E-state index in [4.69, 9.17) is 4.74 Å². The highest BCUT2D eigenvalue weighted by Crippen LogP contribution is 2.12. The summed E-state index contributed by atoms with van der Waals surface area (Å²) in [5.74, 6) is 0. The van der Waals surface area contributed by atoms with Crippen molar-refractivity contribution in [1.29, 1.82) is 0 Å². The zero-order valence-corrected chi connectivity index (χ0v) is 8.33. The molecule has 0 saturated carbocycles. The Balaban J connectivity index is 1.99. The Morgan fingerprint density at radius 3 is 3.00 bits per heavy atom. The van der Waals surface area contributed by atoms with E-state index in [1.165, 1.54) is 5.56 Å². The fraction of sp³-hybridized carbons (Fsp3) is 0.417. The van der Waals surface area contributed by atoms with Gasteiger partial charge in [-0.3, -0.25) is 0 Å². The molecule has 1 N–H and O–H groups in total. The van der Waals surface area contributed by atoms with Crippen molar-refractivity contribution in [1.82, 2.24) is 5.32 Å². The Hall–Kier alpha value is -0.860. The summed E-state index contributed by atoms with van der Waals surface area (Å²) in [4.78, 5) is 0. The highest BCUT2D eigenvalue weighted by Gasteiger charge is 2.14. The monoisotopic (exact) mass is 190 g/mol. The molecule has 2 heteroatoms. The average Bonchev–Trinajstić information content (AvgIpc) is 2.23. The smallest absolute Gasteiger partial charge is 0.0740 e. The van der Waals surface area contributed by atoms with Gasteiger partial charge < -0.3 is 10.1 Å². The Kier molecular flexibility index (Phi) is 3.17. The molecule has 1 aliphatic heterocycles. The van der Waals surface area contributed by atoms with Crippen LogP contribution >= 0.6 is 0 Å². The minimum atomic E-state index is 0.312. The number of benzene rings is 1. The third-order valence-corrected chi connectivity index (χ3v) is 2.57. The zero-order chi connectivity index (χ0) is 9.80. The lowest BCUT2D eigenvalue weighted by atomic mass is 10.0. The lowest BCUT2D eigenvalue weighted by Crippen LogP contribution is -2.39. The quantitative estimate of drug-likeness (QED) is 0.761. The molecule has 14 heavy (non-hydrogen) atoms. The molecule has 0 amide bonds. The van der Waals surface area contributed by atoms with Crippen LogP contribution in [0.3, 0.4) is 0 Å². The van der Waals surface area contributed by atoms with Crippen molar-refractivity contribution >= 4 is 0 Å². The van der Waals surface area contributed by atoms with E-state index < -0.39 is 0 Å². The van der Waals surface area contributed by atoms with Gasteiger partial charge in [0.2, 0.25) is 0 Å². The van der Waals surface area contributed by atoms with Gasteiger partial charge in [-0.15, -0.1) is 0 Å². The minimum Gasteiger partial charge on any atom is -0.375 e. The molecule has 1 saturated heterocycles. The van der Waals surface area contributed by atoms with Gasteiger partial charge in [0.15, 0.2) is 0 Å². The molecule has 75 valence electrons. The summed E-state index contributed by atoms with van der Waals surface area (Å²) in [5, 5.41) is 3.33. The number of ether oxygens (including phenoxy) is 1. The third kappa shape index (κ3) is 2.34. The van der Waals surface area contributed by atoms with Crippen LogP contribution in [0.4, 0.5) is 0 Å². The van der Waals surface area contributed by atoms with Gasteiger partial charge in [-0.25, -0.2) is 0 Å². The molecule has 2 nitrogen and oxygen atoms in total. The molecular formula is C12H16NO. The first-order chi connectivity index (χ1) is 6.86. The first-order valence-electron chi connectivity index (χ1n) is 5.08. The van der Waals surface area contributed by atoms with Gasteiger partial charge in [-0.2, -0.15) is 0 Å². The second-order valence-electron chi connectivity index (χ2n) is 3.67. The summed E-state index contributed by atoms with van der Waals surface area (Å²) in [6, 6.07) is 8.25. The second-order valence-corrected chi connectivity index (χ2v) is 3.67. The summed E-state index contributed by atoms with van der Waals surface area (Å²) < 4.78 is 5.65. The maximum atomic E-state index is 5.65. The fourth-order valence-corrected chi connectivity index (χ4v) is 1.75. The number of hydrogen-bond acceptors (Lipinski definition) is 2. The van der Waals surface area contributed by atoms with Crippen molar-refractivity contribution in [2.75, 3.05) is 19.7 Å². The molecule has 1 atom stereocenters. The van der Waals surface area contributed by atoms with E-state index in [-0.39, 0.29) is 0 Å². The fourth-order valence-electron chi connectivity index (χ4n) is 1.75. The van der Waals surface area contributed by atoms with E-state index in [1.807, 2.05) is 12.1 Å². The number of nitrogens with one attached hydrogen (secondary N) is 1. The van der Waals surface area contributed by atoms with Gasteiger partial charge in [0, 0.05) is 19.5 Å². The molecule has 0 spiro atoms. The molecule has 0 aromatic heterocycles. The van der Waals surface area contributed by atoms with Crippen molar-refractivity contribution in [3.05, 3.63) is 42.3 Å². The maximum absolute atomic E-state index is 5.65. The van der Waals surface area contributed by atoms with Gasteiger partial charge in [-0.1, -0.05) is 24.3 Å². The molecule has 1 unspecified atom stereocenters. The van der Waals surface area contributed by atoms with Gasteiger partial charge in [0.05, 0.1) is 12.7 Å². The molecule has 2 rings (SSSR count). The van der Waals surface area contributed by atoms with Crippen molar-refractivity contribution in [3.63, 3.8) is 0 Å². The van der Waals surface area contributed by atoms with E-state index in [1.54, 1.807) is 0 Å². The van der Waals surface area contributed by atoms with Crippen LogP contribution in [0.5, 0.6) is 0 Å². The van der Waals surface area contributed by atoms with E-state index in [0.717, 1.165) is 31.7 Å². The lowest BCUT2D eigenvalue weighted by molar-refractivity contribution is 0.0292. The minimum absolute atomic E-state index is 0.312. The molecule has 1 heterocycles. The van der Waals surface area contributed by atoms with Crippen LogP contribution in [0.2, 0.25) is 0 Å². The predicted octanol–water partition coefficient (Wildman–Crippen LogP) is 1.40. The summed E-state index contributed by atoms with van der Waals surface area (Å²) in [7, 11) is 0.